The first-order valence-electron chi connectivity index (χ1n) is 8.83. The Kier molecular flexibility index (Phi) is 8.03. The van der Waals surface area contributed by atoms with Gasteiger partial charge in [0, 0.05) is 19.5 Å². The summed E-state index contributed by atoms with van der Waals surface area (Å²) in [7, 11) is 1.34. The number of esters is 1. The lowest BCUT2D eigenvalue weighted by Crippen LogP contribution is -2.32. The summed E-state index contributed by atoms with van der Waals surface area (Å²) >= 11 is 0. The Morgan fingerprint density at radius 2 is 1.48 bits per heavy atom. The van der Waals surface area contributed by atoms with E-state index in [1.54, 1.807) is 12.1 Å². The van der Waals surface area contributed by atoms with Crippen molar-refractivity contribution >= 4 is 17.8 Å². The van der Waals surface area contributed by atoms with E-state index in [4.69, 9.17) is 0 Å². The van der Waals surface area contributed by atoms with Crippen LogP contribution < -0.4 is 10.6 Å². The largest absolute Gasteiger partial charge is 0.465 e. The number of hydrogen-bond donors (Lipinski definition) is 2. The van der Waals surface area contributed by atoms with E-state index in [2.05, 4.69) is 15.4 Å². The molecule has 2 aromatic carbocycles. The molecule has 0 spiro atoms. The predicted molar refractivity (Wildman–Crippen MR) is 102 cm³/mol. The Hall–Kier alpha value is -3.15. The minimum absolute atomic E-state index is 0.0975. The van der Waals surface area contributed by atoms with E-state index < -0.39 is 0 Å². The molecule has 0 aliphatic carbocycles. The summed E-state index contributed by atoms with van der Waals surface area (Å²) in [4.78, 5) is 35.0. The fourth-order valence-electron chi connectivity index (χ4n) is 2.52. The maximum atomic E-state index is 11.8. The van der Waals surface area contributed by atoms with Gasteiger partial charge in [0.15, 0.2) is 0 Å². The number of ether oxygens (including phenoxy) is 1. The summed E-state index contributed by atoms with van der Waals surface area (Å²) in [6, 6.07) is 16.5. The fraction of sp³-hybridized carbons (Fsp3) is 0.286. The zero-order valence-electron chi connectivity index (χ0n) is 15.4. The van der Waals surface area contributed by atoms with Gasteiger partial charge in [-0.05, 0) is 29.7 Å². The number of methoxy groups -OCH3 is 1. The highest BCUT2D eigenvalue weighted by molar-refractivity contribution is 5.89. The van der Waals surface area contributed by atoms with Crippen molar-refractivity contribution < 1.29 is 19.1 Å². The van der Waals surface area contributed by atoms with E-state index in [1.165, 1.54) is 7.11 Å². The van der Waals surface area contributed by atoms with Gasteiger partial charge in [-0.2, -0.15) is 0 Å². The van der Waals surface area contributed by atoms with Crippen LogP contribution in [0.1, 0.15) is 27.9 Å². The van der Waals surface area contributed by atoms with Crippen molar-refractivity contribution in [3.63, 3.8) is 0 Å². The van der Waals surface area contributed by atoms with E-state index in [0.29, 0.717) is 31.5 Å². The van der Waals surface area contributed by atoms with Gasteiger partial charge in [0.05, 0.1) is 19.1 Å². The van der Waals surface area contributed by atoms with Crippen LogP contribution in [0.2, 0.25) is 0 Å². The molecule has 6 nitrogen and oxygen atoms in total. The van der Waals surface area contributed by atoms with E-state index in [0.717, 1.165) is 11.1 Å². The number of carbonyl (C=O) groups excluding carboxylic acids is 3. The molecular formula is C21H24N2O4. The summed E-state index contributed by atoms with van der Waals surface area (Å²) < 4.78 is 4.65. The Labute approximate surface area is 158 Å². The van der Waals surface area contributed by atoms with Gasteiger partial charge in [0.25, 0.3) is 0 Å². The SMILES string of the molecule is COC(=O)c1ccc(CCNC(=O)CCNC(=O)Cc2ccccc2)cc1. The number of benzene rings is 2. The van der Waals surface area contributed by atoms with Gasteiger partial charge in [-0.25, -0.2) is 4.79 Å². The van der Waals surface area contributed by atoms with E-state index in [-0.39, 0.29) is 24.2 Å². The van der Waals surface area contributed by atoms with Crippen LogP contribution in [0.15, 0.2) is 54.6 Å². The van der Waals surface area contributed by atoms with Crippen LogP contribution in [0.3, 0.4) is 0 Å². The number of rotatable bonds is 9. The quantitative estimate of drug-likeness (QED) is 0.662. The maximum Gasteiger partial charge on any atom is 0.337 e. The highest BCUT2D eigenvalue weighted by Gasteiger charge is 2.06. The molecule has 6 heteroatoms. The lowest BCUT2D eigenvalue weighted by molar-refractivity contribution is -0.122. The second-order valence-corrected chi connectivity index (χ2v) is 6.05. The Morgan fingerprint density at radius 1 is 0.815 bits per heavy atom. The summed E-state index contributed by atoms with van der Waals surface area (Å²) in [6.45, 7) is 0.805. The molecule has 2 rings (SSSR count). The Bertz CT molecular complexity index is 758. The molecule has 0 aliphatic heterocycles. The van der Waals surface area contributed by atoms with Crippen molar-refractivity contribution in [2.24, 2.45) is 0 Å². The second kappa shape index (κ2) is 10.8. The standard InChI is InChI=1S/C21H24N2O4/c1-27-21(26)18-9-7-16(8-10-18)11-13-22-19(24)12-14-23-20(25)15-17-5-3-2-4-6-17/h2-10H,11-15H2,1H3,(H,22,24)(H,23,25). The van der Waals surface area contributed by atoms with Gasteiger partial charge in [0.1, 0.15) is 0 Å². The van der Waals surface area contributed by atoms with Gasteiger partial charge >= 0.3 is 5.97 Å². The molecule has 0 saturated heterocycles. The van der Waals surface area contributed by atoms with Gasteiger partial charge in [-0.1, -0.05) is 42.5 Å². The van der Waals surface area contributed by atoms with Crippen LogP contribution >= 0.6 is 0 Å². The van der Waals surface area contributed by atoms with Gasteiger partial charge in [-0.15, -0.1) is 0 Å². The molecule has 27 heavy (non-hydrogen) atoms. The molecule has 0 aliphatic rings. The van der Waals surface area contributed by atoms with Crippen molar-refractivity contribution in [1.82, 2.24) is 10.6 Å². The van der Waals surface area contributed by atoms with Gasteiger partial charge in [-0.3, -0.25) is 9.59 Å². The van der Waals surface area contributed by atoms with Crippen LogP contribution in [0, 0.1) is 0 Å². The maximum absolute atomic E-state index is 11.8. The fourth-order valence-corrected chi connectivity index (χ4v) is 2.52. The lowest BCUT2D eigenvalue weighted by atomic mass is 10.1. The predicted octanol–water partition coefficient (Wildman–Crippen LogP) is 1.88. The molecule has 0 saturated carbocycles. The molecule has 0 unspecified atom stereocenters. The molecule has 0 atom stereocenters. The van der Waals surface area contributed by atoms with Crippen molar-refractivity contribution in [3.05, 3.63) is 71.3 Å². The first-order valence-corrected chi connectivity index (χ1v) is 8.83. The van der Waals surface area contributed by atoms with Crippen LogP contribution in [-0.4, -0.2) is 38.0 Å². The van der Waals surface area contributed by atoms with E-state index in [1.807, 2.05) is 42.5 Å². The number of carbonyl (C=O) groups is 3. The zero-order chi connectivity index (χ0) is 19.5. The molecule has 0 radical (unpaired) electrons. The Balaban J connectivity index is 1.60. The number of hydrogen-bond acceptors (Lipinski definition) is 4. The van der Waals surface area contributed by atoms with Crippen LogP contribution in [0.4, 0.5) is 0 Å². The van der Waals surface area contributed by atoms with E-state index in [9.17, 15) is 14.4 Å². The number of amides is 2. The monoisotopic (exact) mass is 368 g/mol. The zero-order valence-corrected chi connectivity index (χ0v) is 15.4. The minimum atomic E-state index is -0.371. The van der Waals surface area contributed by atoms with Crippen molar-refractivity contribution in [1.29, 1.82) is 0 Å². The highest BCUT2D eigenvalue weighted by Crippen LogP contribution is 2.06. The average Bonchev–Trinajstić information content (AvgIpc) is 2.68. The molecule has 2 N–H and O–H groups in total. The van der Waals surface area contributed by atoms with Crippen LogP contribution in [0.5, 0.6) is 0 Å². The molecule has 0 heterocycles. The molecule has 0 fully saturated rings. The topological polar surface area (TPSA) is 84.5 Å². The van der Waals surface area contributed by atoms with Gasteiger partial charge in [0.2, 0.25) is 11.8 Å². The minimum Gasteiger partial charge on any atom is -0.465 e. The molecular weight excluding hydrogens is 344 g/mol. The smallest absolute Gasteiger partial charge is 0.337 e. The second-order valence-electron chi connectivity index (χ2n) is 6.05. The summed E-state index contributed by atoms with van der Waals surface area (Å²) in [5.74, 6) is -0.579. The third kappa shape index (κ3) is 7.32. The molecule has 0 aromatic heterocycles. The van der Waals surface area contributed by atoms with Gasteiger partial charge < -0.3 is 15.4 Å². The molecule has 0 bridgehead atoms. The highest BCUT2D eigenvalue weighted by atomic mass is 16.5. The summed E-state index contributed by atoms with van der Waals surface area (Å²) in [6.07, 6.45) is 1.21. The molecule has 2 aromatic rings. The first kappa shape index (κ1) is 20.2. The summed E-state index contributed by atoms with van der Waals surface area (Å²) in [5.41, 5.74) is 2.45. The van der Waals surface area contributed by atoms with Crippen molar-refractivity contribution in [3.8, 4) is 0 Å². The first-order chi connectivity index (χ1) is 13.1. The van der Waals surface area contributed by atoms with Crippen LogP contribution in [0.25, 0.3) is 0 Å². The van der Waals surface area contributed by atoms with Crippen molar-refractivity contribution in [2.75, 3.05) is 20.2 Å². The Morgan fingerprint density at radius 3 is 2.15 bits per heavy atom. The van der Waals surface area contributed by atoms with E-state index >= 15 is 0 Å². The third-order valence-electron chi connectivity index (χ3n) is 3.99. The normalized spacial score (nSPS) is 10.1. The summed E-state index contributed by atoms with van der Waals surface area (Å²) in [5, 5.41) is 5.57. The average molecular weight is 368 g/mol. The molecule has 142 valence electrons. The molecule has 2 amide bonds. The third-order valence-corrected chi connectivity index (χ3v) is 3.99. The van der Waals surface area contributed by atoms with Crippen LogP contribution in [-0.2, 0) is 27.2 Å². The van der Waals surface area contributed by atoms with Crippen molar-refractivity contribution in [2.45, 2.75) is 19.3 Å². The number of nitrogens with one attached hydrogen (secondary N) is 2. The lowest BCUT2D eigenvalue weighted by Gasteiger charge is -2.07.